The van der Waals surface area contributed by atoms with Crippen LogP contribution in [0.5, 0.6) is 11.5 Å². The molecule has 1 unspecified atom stereocenters. The Kier molecular flexibility index (Phi) is 8.67. The van der Waals surface area contributed by atoms with E-state index < -0.39 is 23.7 Å². The molecular formula is C34H31FO6. The lowest BCUT2D eigenvalue weighted by Crippen LogP contribution is -2.14. The summed E-state index contributed by atoms with van der Waals surface area (Å²) >= 11 is 0. The first kappa shape index (κ1) is 29.2. The lowest BCUT2D eigenvalue weighted by Gasteiger charge is -2.14. The predicted octanol–water partition coefficient (Wildman–Crippen LogP) is 6.96. The number of hydrogen-bond donors (Lipinski definition) is 0. The SMILES string of the molecule is C=C(C)C(=O)OCC1Cc2ccc(-c3ccc(-c4ccc(OC(=O)C(=C)C)cc4OC(=O)C(=C)C)c(F)c3)cc2C1. The standard InChI is InChI=1S/C34H31FO6/c1-19(2)32(36)39-18-22-13-23-7-8-24(15-26(23)14-22)25-9-11-28(30(35)16-25)29-12-10-27(40-33(37)20(3)4)17-31(29)41-34(38)21(5)6/h7-12,15-17,22H,1,3,5,13-14,18H2,2,4,6H3. The van der Waals surface area contributed by atoms with Gasteiger partial charge in [-0.2, -0.15) is 0 Å². The summed E-state index contributed by atoms with van der Waals surface area (Å²) in [4.78, 5) is 36.0. The van der Waals surface area contributed by atoms with E-state index in [0.29, 0.717) is 23.3 Å². The molecule has 3 aromatic carbocycles. The minimum Gasteiger partial charge on any atom is -0.462 e. The van der Waals surface area contributed by atoms with Crippen LogP contribution in [0.2, 0.25) is 0 Å². The molecule has 0 saturated carbocycles. The zero-order valence-electron chi connectivity index (χ0n) is 23.3. The summed E-state index contributed by atoms with van der Waals surface area (Å²) in [6, 6.07) is 15.2. The number of carbonyl (C=O) groups is 3. The van der Waals surface area contributed by atoms with Gasteiger partial charge in [0.25, 0.3) is 0 Å². The highest BCUT2D eigenvalue weighted by molar-refractivity contribution is 5.91. The smallest absolute Gasteiger partial charge is 0.338 e. The molecule has 0 saturated heterocycles. The maximum atomic E-state index is 15.6. The van der Waals surface area contributed by atoms with E-state index in [1.54, 1.807) is 19.1 Å². The molecule has 0 amide bonds. The first-order valence-electron chi connectivity index (χ1n) is 13.1. The van der Waals surface area contributed by atoms with E-state index in [-0.39, 0.29) is 34.1 Å². The normalized spacial score (nSPS) is 13.6. The number of ether oxygens (including phenoxy) is 3. The molecular weight excluding hydrogens is 523 g/mol. The summed E-state index contributed by atoms with van der Waals surface area (Å²) in [5, 5.41) is 0. The molecule has 0 spiro atoms. The first-order valence-corrected chi connectivity index (χ1v) is 13.1. The van der Waals surface area contributed by atoms with Gasteiger partial charge in [-0.15, -0.1) is 0 Å². The van der Waals surface area contributed by atoms with E-state index in [1.807, 2.05) is 18.2 Å². The highest BCUT2D eigenvalue weighted by Crippen LogP contribution is 2.38. The lowest BCUT2D eigenvalue weighted by molar-refractivity contribution is -0.140. The van der Waals surface area contributed by atoms with Crippen molar-refractivity contribution in [3.8, 4) is 33.8 Å². The fourth-order valence-corrected chi connectivity index (χ4v) is 4.49. The minimum absolute atomic E-state index is 0.0209. The highest BCUT2D eigenvalue weighted by atomic mass is 19.1. The van der Waals surface area contributed by atoms with Crippen LogP contribution < -0.4 is 9.47 Å². The Hall–Kier alpha value is -4.78. The second kappa shape index (κ2) is 12.2. The molecule has 210 valence electrons. The number of hydrogen-bond acceptors (Lipinski definition) is 6. The number of benzene rings is 3. The third-order valence-electron chi connectivity index (χ3n) is 6.68. The summed E-state index contributed by atoms with van der Waals surface area (Å²) in [5.74, 6) is -1.93. The van der Waals surface area contributed by atoms with Crippen LogP contribution in [0.4, 0.5) is 4.39 Å². The van der Waals surface area contributed by atoms with Gasteiger partial charge in [-0.1, -0.05) is 50.1 Å². The Labute approximate surface area is 238 Å². The minimum atomic E-state index is -0.697. The molecule has 7 heteroatoms. The largest absolute Gasteiger partial charge is 0.462 e. The monoisotopic (exact) mass is 554 g/mol. The Morgan fingerprint density at radius 1 is 0.732 bits per heavy atom. The van der Waals surface area contributed by atoms with Crippen LogP contribution in [0.15, 0.2) is 91.1 Å². The van der Waals surface area contributed by atoms with Crippen LogP contribution in [0.25, 0.3) is 22.3 Å². The number of halogens is 1. The molecule has 1 aliphatic carbocycles. The Bertz CT molecular complexity index is 1600. The second-order valence-corrected chi connectivity index (χ2v) is 10.3. The second-order valence-electron chi connectivity index (χ2n) is 10.3. The molecule has 1 aliphatic rings. The van der Waals surface area contributed by atoms with Gasteiger partial charge >= 0.3 is 17.9 Å². The first-order chi connectivity index (χ1) is 19.4. The summed E-state index contributed by atoms with van der Waals surface area (Å²) in [5.41, 5.74) is 5.08. The molecule has 0 fully saturated rings. The molecule has 0 N–H and O–H groups in total. The third kappa shape index (κ3) is 6.87. The van der Waals surface area contributed by atoms with E-state index in [1.165, 1.54) is 43.7 Å². The molecule has 0 aromatic heterocycles. The van der Waals surface area contributed by atoms with Crippen molar-refractivity contribution in [2.24, 2.45) is 5.92 Å². The molecule has 0 aliphatic heterocycles. The fraction of sp³-hybridized carbons (Fsp3) is 0.206. The van der Waals surface area contributed by atoms with E-state index in [0.717, 1.165) is 24.0 Å². The summed E-state index contributed by atoms with van der Waals surface area (Å²) in [7, 11) is 0. The quantitative estimate of drug-likeness (QED) is 0.162. The Balaban J connectivity index is 1.59. The van der Waals surface area contributed by atoms with Crippen LogP contribution in [0.3, 0.4) is 0 Å². The Morgan fingerprint density at radius 2 is 1.32 bits per heavy atom. The van der Waals surface area contributed by atoms with Gasteiger partial charge in [-0.3, -0.25) is 0 Å². The van der Waals surface area contributed by atoms with Crippen LogP contribution in [-0.2, 0) is 32.0 Å². The molecule has 6 nitrogen and oxygen atoms in total. The van der Waals surface area contributed by atoms with E-state index in [9.17, 15) is 14.4 Å². The van der Waals surface area contributed by atoms with Crippen LogP contribution in [-0.4, -0.2) is 24.5 Å². The summed E-state index contributed by atoms with van der Waals surface area (Å²) in [6.45, 7) is 15.7. The van der Waals surface area contributed by atoms with Crippen molar-refractivity contribution in [1.82, 2.24) is 0 Å². The third-order valence-corrected chi connectivity index (χ3v) is 6.68. The molecule has 0 bridgehead atoms. The lowest BCUT2D eigenvalue weighted by atomic mass is 9.97. The highest BCUT2D eigenvalue weighted by Gasteiger charge is 2.24. The zero-order chi connectivity index (χ0) is 29.8. The van der Waals surface area contributed by atoms with Crippen molar-refractivity contribution in [1.29, 1.82) is 0 Å². The molecule has 1 atom stereocenters. The molecule has 0 radical (unpaired) electrons. The molecule has 0 heterocycles. The summed E-state index contributed by atoms with van der Waals surface area (Å²) in [6.07, 6.45) is 1.56. The fourth-order valence-electron chi connectivity index (χ4n) is 4.49. The molecule has 4 rings (SSSR count). The number of esters is 3. The summed E-state index contributed by atoms with van der Waals surface area (Å²) < 4.78 is 31.6. The Morgan fingerprint density at radius 3 is 1.98 bits per heavy atom. The average Bonchev–Trinajstić information content (AvgIpc) is 3.34. The van der Waals surface area contributed by atoms with E-state index in [2.05, 4.69) is 19.7 Å². The maximum Gasteiger partial charge on any atom is 0.338 e. The van der Waals surface area contributed by atoms with Crippen molar-refractivity contribution >= 4 is 17.9 Å². The van der Waals surface area contributed by atoms with Crippen molar-refractivity contribution in [3.63, 3.8) is 0 Å². The van der Waals surface area contributed by atoms with Gasteiger partial charge in [-0.25, -0.2) is 18.8 Å². The predicted molar refractivity (Wildman–Crippen MR) is 155 cm³/mol. The van der Waals surface area contributed by atoms with Crippen molar-refractivity contribution in [2.75, 3.05) is 6.61 Å². The maximum absolute atomic E-state index is 15.6. The number of carbonyl (C=O) groups excluding carboxylic acids is 3. The van der Waals surface area contributed by atoms with Crippen molar-refractivity contribution in [2.45, 2.75) is 33.6 Å². The van der Waals surface area contributed by atoms with Gasteiger partial charge in [-0.05, 0) is 74.1 Å². The van der Waals surface area contributed by atoms with Crippen LogP contribution in [0, 0.1) is 11.7 Å². The zero-order valence-corrected chi connectivity index (χ0v) is 23.3. The van der Waals surface area contributed by atoms with Crippen LogP contribution >= 0.6 is 0 Å². The molecule has 3 aromatic rings. The topological polar surface area (TPSA) is 78.9 Å². The number of fused-ring (bicyclic) bond motifs is 1. The van der Waals surface area contributed by atoms with Crippen molar-refractivity contribution in [3.05, 3.63) is 108 Å². The van der Waals surface area contributed by atoms with Gasteiger partial charge in [0.2, 0.25) is 0 Å². The average molecular weight is 555 g/mol. The van der Waals surface area contributed by atoms with E-state index in [4.69, 9.17) is 14.2 Å². The van der Waals surface area contributed by atoms with Crippen LogP contribution in [0.1, 0.15) is 31.9 Å². The molecule has 41 heavy (non-hydrogen) atoms. The van der Waals surface area contributed by atoms with Gasteiger partial charge in [0.05, 0.1) is 6.61 Å². The van der Waals surface area contributed by atoms with Gasteiger partial charge in [0.15, 0.2) is 0 Å². The van der Waals surface area contributed by atoms with Gasteiger partial charge in [0.1, 0.15) is 17.3 Å². The van der Waals surface area contributed by atoms with Gasteiger partial charge < -0.3 is 14.2 Å². The van der Waals surface area contributed by atoms with Gasteiger partial charge in [0, 0.05) is 39.8 Å². The number of rotatable bonds is 9. The van der Waals surface area contributed by atoms with E-state index >= 15 is 4.39 Å². The van der Waals surface area contributed by atoms with Crippen molar-refractivity contribution < 1.29 is 33.0 Å².